The zero-order chi connectivity index (χ0) is 11.3. The quantitative estimate of drug-likeness (QED) is 0.768. The van der Waals surface area contributed by atoms with Crippen LogP contribution in [0.1, 0.15) is 12.7 Å². The van der Waals surface area contributed by atoms with Gasteiger partial charge in [0.25, 0.3) is 0 Å². The van der Waals surface area contributed by atoms with Gasteiger partial charge in [-0.1, -0.05) is 11.8 Å². The second-order valence-corrected chi connectivity index (χ2v) is 4.72. The Bertz CT molecular complexity index is 329. The standard InChI is InChI=1S/C8H12N2O3S2/c1-3-13-6(7(11)12)4-14-8-9-5(2)10-15-8/h6H,3-4H2,1-2H3,(H,11,12). The molecule has 0 bridgehead atoms. The number of carboxylic acids is 1. The molecular formula is C8H12N2O3S2. The molecule has 1 N–H and O–H groups in total. The van der Waals surface area contributed by atoms with E-state index in [1.807, 2.05) is 0 Å². The predicted octanol–water partition coefficient (Wildman–Crippen LogP) is 1.43. The Morgan fingerprint density at radius 3 is 2.93 bits per heavy atom. The lowest BCUT2D eigenvalue weighted by molar-refractivity contribution is -0.148. The molecule has 1 rings (SSSR count). The van der Waals surface area contributed by atoms with E-state index in [1.165, 1.54) is 23.3 Å². The van der Waals surface area contributed by atoms with E-state index < -0.39 is 12.1 Å². The van der Waals surface area contributed by atoms with Crippen LogP contribution in [-0.4, -0.2) is 38.9 Å². The van der Waals surface area contributed by atoms with Gasteiger partial charge in [-0.25, -0.2) is 9.78 Å². The SMILES string of the molecule is CCOC(CSc1nc(C)ns1)C(=O)O. The highest BCUT2D eigenvalue weighted by Gasteiger charge is 2.18. The molecule has 0 fully saturated rings. The topological polar surface area (TPSA) is 72.3 Å². The molecule has 1 aromatic heterocycles. The Balaban J connectivity index is 2.43. The number of nitrogens with zero attached hydrogens (tertiary/aromatic N) is 2. The molecular weight excluding hydrogens is 236 g/mol. The summed E-state index contributed by atoms with van der Waals surface area (Å²) in [7, 11) is 0. The maximum absolute atomic E-state index is 10.7. The smallest absolute Gasteiger partial charge is 0.333 e. The Labute approximate surface area is 96.0 Å². The Morgan fingerprint density at radius 2 is 2.47 bits per heavy atom. The summed E-state index contributed by atoms with van der Waals surface area (Å²) in [6, 6.07) is 0. The van der Waals surface area contributed by atoms with Crippen molar-refractivity contribution in [1.29, 1.82) is 0 Å². The Hall–Kier alpha value is -0.660. The summed E-state index contributed by atoms with van der Waals surface area (Å²) in [6.45, 7) is 3.97. The van der Waals surface area contributed by atoms with Gasteiger partial charge in [0.15, 0.2) is 10.4 Å². The minimum atomic E-state index is -0.939. The number of aliphatic carboxylic acids is 1. The van der Waals surface area contributed by atoms with Gasteiger partial charge < -0.3 is 9.84 Å². The first-order valence-corrected chi connectivity index (χ1v) is 6.17. The number of thioether (sulfide) groups is 1. The van der Waals surface area contributed by atoms with Crippen molar-refractivity contribution in [3.63, 3.8) is 0 Å². The van der Waals surface area contributed by atoms with Crippen molar-refractivity contribution in [2.75, 3.05) is 12.4 Å². The second kappa shape index (κ2) is 6.04. The van der Waals surface area contributed by atoms with Gasteiger partial charge in [-0.3, -0.25) is 0 Å². The molecule has 1 atom stereocenters. The highest BCUT2D eigenvalue weighted by Crippen LogP contribution is 2.21. The first kappa shape index (κ1) is 12.4. The number of carbonyl (C=O) groups is 1. The highest BCUT2D eigenvalue weighted by atomic mass is 32.2. The molecule has 1 unspecified atom stereocenters. The van der Waals surface area contributed by atoms with Crippen LogP contribution in [0.4, 0.5) is 0 Å². The lowest BCUT2D eigenvalue weighted by atomic mass is 10.4. The molecule has 0 saturated carbocycles. The predicted molar refractivity (Wildman–Crippen MR) is 58.4 cm³/mol. The van der Waals surface area contributed by atoms with E-state index in [2.05, 4.69) is 9.36 Å². The van der Waals surface area contributed by atoms with Gasteiger partial charge in [0.1, 0.15) is 5.82 Å². The van der Waals surface area contributed by atoms with Gasteiger partial charge in [0.05, 0.1) is 0 Å². The van der Waals surface area contributed by atoms with Crippen LogP contribution >= 0.6 is 23.3 Å². The van der Waals surface area contributed by atoms with Gasteiger partial charge in [-0.15, -0.1) is 0 Å². The third kappa shape index (κ3) is 4.15. The maximum atomic E-state index is 10.7. The third-order valence-corrected chi connectivity index (χ3v) is 3.50. The summed E-state index contributed by atoms with van der Waals surface area (Å²) in [5.74, 6) is 0.133. The summed E-state index contributed by atoms with van der Waals surface area (Å²) in [4.78, 5) is 14.9. The minimum absolute atomic E-state index is 0.359. The molecule has 0 radical (unpaired) electrons. The fourth-order valence-electron chi connectivity index (χ4n) is 0.876. The summed E-state index contributed by atoms with van der Waals surface area (Å²) in [5, 5.41) is 8.82. The van der Waals surface area contributed by atoms with Crippen LogP contribution in [0, 0.1) is 6.92 Å². The molecule has 1 aromatic rings. The van der Waals surface area contributed by atoms with Gasteiger partial charge in [0, 0.05) is 12.4 Å². The van der Waals surface area contributed by atoms with Crippen molar-refractivity contribution in [2.45, 2.75) is 24.3 Å². The zero-order valence-corrected chi connectivity index (χ0v) is 10.1. The van der Waals surface area contributed by atoms with Crippen LogP contribution in [0.5, 0.6) is 0 Å². The van der Waals surface area contributed by atoms with Crippen LogP contribution in [0.2, 0.25) is 0 Å². The first-order chi connectivity index (χ1) is 7.13. The maximum Gasteiger partial charge on any atom is 0.333 e. The lowest BCUT2D eigenvalue weighted by Crippen LogP contribution is -2.26. The van der Waals surface area contributed by atoms with E-state index in [1.54, 1.807) is 13.8 Å². The van der Waals surface area contributed by atoms with Crippen molar-refractivity contribution in [3.05, 3.63) is 5.82 Å². The monoisotopic (exact) mass is 248 g/mol. The average molecular weight is 248 g/mol. The third-order valence-electron chi connectivity index (χ3n) is 1.51. The zero-order valence-electron chi connectivity index (χ0n) is 8.47. The van der Waals surface area contributed by atoms with Gasteiger partial charge in [-0.05, 0) is 25.4 Å². The van der Waals surface area contributed by atoms with Gasteiger partial charge in [-0.2, -0.15) is 4.37 Å². The lowest BCUT2D eigenvalue weighted by Gasteiger charge is -2.09. The van der Waals surface area contributed by atoms with Gasteiger partial charge >= 0.3 is 5.97 Å². The molecule has 0 amide bonds. The van der Waals surface area contributed by atoms with E-state index in [-0.39, 0.29) is 0 Å². The molecule has 1 heterocycles. The molecule has 0 aliphatic carbocycles. The summed E-state index contributed by atoms with van der Waals surface area (Å²) < 4.78 is 9.85. The Kier molecular flexibility index (Phi) is 5.00. The second-order valence-electron chi connectivity index (χ2n) is 2.70. The average Bonchev–Trinajstić information content (AvgIpc) is 2.58. The van der Waals surface area contributed by atoms with Gasteiger partial charge in [0.2, 0.25) is 0 Å². The van der Waals surface area contributed by atoms with Crippen molar-refractivity contribution in [3.8, 4) is 0 Å². The molecule has 0 aliphatic rings. The van der Waals surface area contributed by atoms with Crippen LogP contribution in [0.25, 0.3) is 0 Å². The van der Waals surface area contributed by atoms with Crippen molar-refractivity contribution >= 4 is 29.3 Å². The highest BCUT2D eigenvalue weighted by molar-refractivity contribution is 8.01. The fraction of sp³-hybridized carbons (Fsp3) is 0.625. The molecule has 0 saturated heterocycles. The molecule has 5 nitrogen and oxygen atoms in total. The van der Waals surface area contributed by atoms with Crippen LogP contribution in [-0.2, 0) is 9.53 Å². The van der Waals surface area contributed by atoms with E-state index >= 15 is 0 Å². The van der Waals surface area contributed by atoms with Crippen molar-refractivity contribution < 1.29 is 14.6 Å². The van der Waals surface area contributed by atoms with E-state index in [0.29, 0.717) is 18.2 Å². The van der Waals surface area contributed by atoms with E-state index in [0.717, 1.165) is 4.34 Å². The molecule has 0 aromatic carbocycles. The van der Waals surface area contributed by atoms with Crippen molar-refractivity contribution in [2.24, 2.45) is 0 Å². The van der Waals surface area contributed by atoms with E-state index in [4.69, 9.17) is 9.84 Å². The number of aromatic nitrogens is 2. The number of aryl methyl sites for hydroxylation is 1. The summed E-state index contributed by atoms with van der Waals surface area (Å²) in [6.07, 6.45) is -0.774. The summed E-state index contributed by atoms with van der Waals surface area (Å²) >= 11 is 2.63. The molecule has 84 valence electrons. The molecule has 0 spiro atoms. The summed E-state index contributed by atoms with van der Waals surface area (Å²) in [5.41, 5.74) is 0. The molecule has 7 heteroatoms. The minimum Gasteiger partial charge on any atom is -0.479 e. The molecule has 0 aliphatic heterocycles. The van der Waals surface area contributed by atoms with Crippen LogP contribution in [0.15, 0.2) is 4.34 Å². The number of ether oxygens (including phenoxy) is 1. The fourth-order valence-corrected chi connectivity index (χ4v) is 2.56. The molecule has 15 heavy (non-hydrogen) atoms. The number of hydrogen-bond acceptors (Lipinski definition) is 6. The Morgan fingerprint density at radius 1 is 1.73 bits per heavy atom. The van der Waals surface area contributed by atoms with E-state index in [9.17, 15) is 4.79 Å². The first-order valence-electron chi connectivity index (χ1n) is 4.41. The number of carboxylic acid groups (broad SMARTS) is 1. The normalized spacial score (nSPS) is 12.7. The van der Waals surface area contributed by atoms with Crippen molar-refractivity contribution in [1.82, 2.24) is 9.36 Å². The van der Waals surface area contributed by atoms with Crippen LogP contribution < -0.4 is 0 Å². The number of hydrogen-bond donors (Lipinski definition) is 1. The number of rotatable bonds is 6. The van der Waals surface area contributed by atoms with Crippen LogP contribution in [0.3, 0.4) is 0 Å². The largest absolute Gasteiger partial charge is 0.479 e.